The maximum absolute atomic E-state index is 13.2. The van der Waals surface area contributed by atoms with Crippen LogP contribution in [0.25, 0.3) is 0 Å². The molecule has 0 saturated carbocycles. The molecule has 1 amide bonds. The first-order chi connectivity index (χ1) is 15.4. The minimum Gasteiger partial charge on any atom is -0.481 e. The molecular formula is C26H25NO5. The van der Waals surface area contributed by atoms with Crippen LogP contribution in [0.1, 0.15) is 27.9 Å². The fourth-order valence-electron chi connectivity index (χ4n) is 3.71. The van der Waals surface area contributed by atoms with Crippen LogP contribution in [0, 0.1) is 11.8 Å². The summed E-state index contributed by atoms with van der Waals surface area (Å²) in [5.41, 5.74) is 1.97. The van der Waals surface area contributed by atoms with Gasteiger partial charge in [-0.15, -0.1) is 0 Å². The standard InChI is InChI=1S/C26H25NO5/c28-24(27-23-14-8-7-13-22(23)26(31)32)20(15-18-9-3-1-4-10-18)17-21(25(29)30)16-19-11-5-2-6-12-19/h1-14,20-21H,15-17H2,(H,27,28)(H,29,30)(H,31,32). The summed E-state index contributed by atoms with van der Waals surface area (Å²) in [5, 5.41) is 21.9. The van der Waals surface area contributed by atoms with Crippen LogP contribution in [0.4, 0.5) is 5.69 Å². The van der Waals surface area contributed by atoms with Crippen molar-refractivity contribution in [3.05, 3.63) is 102 Å². The highest BCUT2D eigenvalue weighted by molar-refractivity contribution is 6.01. The highest BCUT2D eigenvalue weighted by Crippen LogP contribution is 2.24. The third-order valence-corrected chi connectivity index (χ3v) is 5.35. The van der Waals surface area contributed by atoms with Gasteiger partial charge in [0.1, 0.15) is 0 Å². The van der Waals surface area contributed by atoms with Crippen molar-refractivity contribution in [3.8, 4) is 0 Å². The molecule has 0 aromatic heterocycles. The molecule has 0 saturated heterocycles. The molecule has 32 heavy (non-hydrogen) atoms. The minimum absolute atomic E-state index is 0.0154. The van der Waals surface area contributed by atoms with Gasteiger partial charge >= 0.3 is 11.9 Å². The van der Waals surface area contributed by atoms with Gasteiger partial charge in [0.25, 0.3) is 0 Å². The Balaban J connectivity index is 1.84. The van der Waals surface area contributed by atoms with Gasteiger partial charge in [0, 0.05) is 5.92 Å². The van der Waals surface area contributed by atoms with E-state index in [-0.39, 0.29) is 17.7 Å². The topological polar surface area (TPSA) is 104 Å². The van der Waals surface area contributed by atoms with Crippen molar-refractivity contribution in [2.24, 2.45) is 11.8 Å². The average molecular weight is 431 g/mol. The Labute approximate surface area is 186 Å². The van der Waals surface area contributed by atoms with E-state index in [4.69, 9.17) is 0 Å². The molecule has 0 aliphatic carbocycles. The Kier molecular flexibility index (Phi) is 7.75. The number of amides is 1. The summed E-state index contributed by atoms with van der Waals surface area (Å²) in [6, 6.07) is 24.8. The van der Waals surface area contributed by atoms with Gasteiger partial charge in [0.15, 0.2) is 0 Å². The molecule has 0 bridgehead atoms. The second-order valence-corrected chi connectivity index (χ2v) is 7.69. The Morgan fingerprint density at radius 1 is 0.688 bits per heavy atom. The highest BCUT2D eigenvalue weighted by Gasteiger charge is 2.28. The summed E-state index contributed by atoms with van der Waals surface area (Å²) in [7, 11) is 0. The van der Waals surface area contributed by atoms with Gasteiger partial charge in [0.2, 0.25) is 5.91 Å². The Hall–Kier alpha value is -3.93. The molecule has 0 aliphatic heterocycles. The third-order valence-electron chi connectivity index (χ3n) is 5.35. The van der Waals surface area contributed by atoms with E-state index in [1.54, 1.807) is 12.1 Å². The van der Waals surface area contributed by atoms with E-state index in [1.165, 1.54) is 12.1 Å². The third kappa shape index (κ3) is 6.28. The predicted molar refractivity (Wildman–Crippen MR) is 122 cm³/mol. The Morgan fingerprint density at radius 2 is 1.19 bits per heavy atom. The van der Waals surface area contributed by atoms with Gasteiger partial charge in [-0.3, -0.25) is 9.59 Å². The second-order valence-electron chi connectivity index (χ2n) is 7.69. The normalized spacial score (nSPS) is 12.5. The molecule has 3 aromatic carbocycles. The molecule has 2 atom stereocenters. The van der Waals surface area contributed by atoms with E-state index in [9.17, 15) is 24.6 Å². The van der Waals surface area contributed by atoms with Crippen molar-refractivity contribution in [1.82, 2.24) is 0 Å². The van der Waals surface area contributed by atoms with Crippen molar-refractivity contribution in [1.29, 1.82) is 0 Å². The number of aromatic carboxylic acids is 1. The van der Waals surface area contributed by atoms with Crippen LogP contribution >= 0.6 is 0 Å². The van der Waals surface area contributed by atoms with E-state index in [1.807, 2.05) is 60.7 Å². The van der Waals surface area contributed by atoms with Gasteiger partial charge in [-0.25, -0.2) is 4.79 Å². The first-order valence-electron chi connectivity index (χ1n) is 10.4. The molecule has 6 heteroatoms. The maximum Gasteiger partial charge on any atom is 0.337 e. The number of carbonyl (C=O) groups excluding carboxylic acids is 1. The molecular weight excluding hydrogens is 406 g/mol. The first-order valence-corrected chi connectivity index (χ1v) is 10.4. The number of benzene rings is 3. The second kappa shape index (κ2) is 10.9. The lowest BCUT2D eigenvalue weighted by atomic mass is 9.85. The van der Waals surface area contributed by atoms with E-state index < -0.39 is 29.7 Å². The van der Waals surface area contributed by atoms with Gasteiger partial charge in [-0.2, -0.15) is 0 Å². The van der Waals surface area contributed by atoms with Crippen molar-refractivity contribution < 1.29 is 24.6 Å². The zero-order valence-corrected chi connectivity index (χ0v) is 17.5. The number of rotatable bonds is 10. The molecule has 3 aromatic rings. The van der Waals surface area contributed by atoms with Crippen LogP contribution in [0.2, 0.25) is 0 Å². The van der Waals surface area contributed by atoms with E-state index in [2.05, 4.69) is 5.32 Å². The number of para-hydroxylation sites is 1. The van der Waals surface area contributed by atoms with Crippen LogP contribution in [0.15, 0.2) is 84.9 Å². The van der Waals surface area contributed by atoms with E-state index >= 15 is 0 Å². The Bertz CT molecular complexity index is 1070. The van der Waals surface area contributed by atoms with Gasteiger partial charge < -0.3 is 15.5 Å². The summed E-state index contributed by atoms with van der Waals surface area (Å²) in [6.07, 6.45) is 0.779. The number of carboxylic acid groups (broad SMARTS) is 2. The van der Waals surface area contributed by atoms with E-state index in [0.717, 1.165) is 11.1 Å². The molecule has 0 aliphatic rings. The average Bonchev–Trinajstić information content (AvgIpc) is 2.79. The highest BCUT2D eigenvalue weighted by atomic mass is 16.4. The van der Waals surface area contributed by atoms with E-state index in [0.29, 0.717) is 12.8 Å². The lowest BCUT2D eigenvalue weighted by Gasteiger charge is -2.22. The zero-order chi connectivity index (χ0) is 22.9. The minimum atomic E-state index is -1.15. The molecule has 6 nitrogen and oxygen atoms in total. The molecule has 3 rings (SSSR count). The maximum atomic E-state index is 13.2. The molecule has 164 valence electrons. The smallest absolute Gasteiger partial charge is 0.337 e. The predicted octanol–water partition coefficient (Wildman–Crippen LogP) is 4.52. The lowest BCUT2D eigenvalue weighted by Crippen LogP contribution is -2.30. The summed E-state index contributed by atoms with van der Waals surface area (Å²) >= 11 is 0. The molecule has 0 fully saturated rings. The summed E-state index contributed by atoms with van der Waals surface area (Å²) in [6.45, 7) is 0. The lowest BCUT2D eigenvalue weighted by molar-refractivity contribution is -0.142. The Morgan fingerprint density at radius 3 is 1.72 bits per heavy atom. The number of carbonyl (C=O) groups is 3. The SMILES string of the molecule is O=C(O)c1ccccc1NC(=O)C(Cc1ccccc1)CC(Cc1ccccc1)C(=O)O. The molecule has 2 unspecified atom stereocenters. The van der Waals surface area contributed by atoms with Gasteiger partial charge in [-0.05, 0) is 42.5 Å². The van der Waals surface area contributed by atoms with Crippen molar-refractivity contribution in [2.45, 2.75) is 19.3 Å². The zero-order valence-electron chi connectivity index (χ0n) is 17.5. The molecule has 0 heterocycles. The van der Waals surface area contributed by atoms with Gasteiger partial charge in [0.05, 0.1) is 17.2 Å². The fraction of sp³-hybridized carbons (Fsp3) is 0.192. The van der Waals surface area contributed by atoms with Crippen LogP contribution in [0.5, 0.6) is 0 Å². The molecule has 0 radical (unpaired) electrons. The monoisotopic (exact) mass is 431 g/mol. The van der Waals surface area contributed by atoms with Gasteiger partial charge in [-0.1, -0.05) is 72.8 Å². The molecule has 3 N–H and O–H groups in total. The fourth-order valence-corrected chi connectivity index (χ4v) is 3.71. The molecule has 0 spiro atoms. The van der Waals surface area contributed by atoms with Crippen molar-refractivity contribution >= 4 is 23.5 Å². The van der Waals surface area contributed by atoms with Crippen LogP contribution in [0.3, 0.4) is 0 Å². The quantitative estimate of drug-likeness (QED) is 0.438. The van der Waals surface area contributed by atoms with Crippen LogP contribution < -0.4 is 5.32 Å². The summed E-state index contributed by atoms with van der Waals surface area (Å²) in [5.74, 6) is -3.92. The number of aliphatic carboxylic acids is 1. The van der Waals surface area contributed by atoms with Crippen molar-refractivity contribution in [2.75, 3.05) is 5.32 Å². The van der Waals surface area contributed by atoms with Crippen LogP contribution in [-0.2, 0) is 22.4 Å². The number of nitrogens with one attached hydrogen (secondary N) is 1. The largest absolute Gasteiger partial charge is 0.481 e. The number of hydrogen-bond acceptors (Lipinski definition) is 3. The summed E-state index contributed by atoms with van der Waals surface area (Å²) in [4.78, 5) is 36.7. The number of anilines is 1. The first kappa shape index (κ1) is 22.7. The number of carboxylic acids is 2. The van der Waals surface area contributed by atoms with Crippen LogP contribution in [-0.4, -0.2) is 28.1 Å². The van der Waals surface area contributed by atoms with Crippen molar-refractivity contribution in [3.63, 3.8) is 0 Å². The number of hydrogen-bond donors (Lipinski definition) is 3. The summed E-state index contributed by atoms with van der Waals surface area (Å²) < 4.78 is 0.